The van der Waals surface area contributed by atoms with Gasteiger partial charge in [-0.1, -0.05) is 62.4 Å². The van der Waals surface area contributed by atoms with Crippen molar-refractivity contribution in [2.45, 2.75) is 19.3 Å². The predicted octanol–water partition coefficient (Wildman–Crippen LogP) is 8.39. The molecule has 0 aliphatic carbocycles. The lowest BCUT2D eigenvalue weighted by atomic mass is 9.73. The molecule has 0 saturated heterocycles. The molecule has 0 amide bonds. The molecular weight excluding hydrogens is 442 g/mol. The minimum absolute atomic E-state index is 0.0863. The van der Waals surface area contributed by atoms with Gasteiger partial charge in [-0.2, -0.15) is 0 Å². The number of ether oxygens (including phenoxy) is 1. The normalized spacial score (nSPS) is 14.8. The molecule has 0 N–H and O–H groups in total. The van der Waals surface area contributed by atoms with Gasteiger partial charge in [0.05, 0.1) is 33.8 Å². The number of nitrogens with zero attached hydrogens (tertiary/aromatic N) is 3. The predicted molar refractivity (Wildman–Crippen MR) is 145 cm³/mol. The van der Waals surface area contributed by atoms with E-state index in [0.717, 1.165) is 44.7 Å². The van der Waals surface area contributed by atoms with E-state index in [0.29, 0.717) is 0 Å². The fourth-order valence-corrected chi connectivity index (χ4v) is 6.19. The molecule has 6 aromatic rings. The SMILES string of the molecule is CC1(C)c2ccccc2N(c2ccc3c(c2)Oc2cccc4c5cnccc5n-3c24)c2ccccc21. The largest absolute Gasteiger partial charge is 0.453 e. The summed E-state index contributed by atoms with van der Waals surface area (Å²) in [5.41, 5.74) is 9.32. The van der Waals surface area contributed by atoms with Crippen molar-refractivity contribution in [1.29, 1.82) is 0 Å². The van der Waals surface area contributed by atoms with Crippen molar-refractivity contribution >= 4 is 38.9 Å². The van der Waals surface area contributed by atoms with Gasteiger partial charge in [-0.05, 0) is 47.5 Å². The number of hydrogen-bond acceptors (Lipinski definition) is 3. The number of rotatable bonds is 1. The lowest BCUT2D eigenvalue weighted by Crippen LogP contribution is -2.30. The Morgan fingerprint density at radius 1 is 0.694 bits per heavy atom. The van der Waals surface area contributed by atoms with Crippen LogP contribution in [0.3, 0.4) is 0 Å². The Morgan fingerprint density at radius 3 is 2.22 bits per heavy atom. The van der Waals surface area contributed by atoms with Crippen molar-refractivity contribution in [1.82, 2.24) is 9.55 Å². The van der Waals surface area contributed by atoms with Crippen molar-refractivity contribution in [3.63, 3.8) is 0 Å². The van der Waals surface area contributed by atoms with Gasteiger partial charge in [-0.15, -0.1) is 0 Å². The molecule has 2 aromatic heterocycles. The van der Waals surface area contributed by atoms with Crippen molar-refractivity contribution in [2.75, 3.05) is 4.90 Å². The van der Waals surface area contributed by atoms with Gasteiger partial charge in [0.2, 0.25) is 0 Å². The van der Waals surface area contributed by atoms with Crippen LogP contribution in [0, 0.1) is 0 Å². The molecule has 172 valence electrons. The summed E-state index contributed by atoms with van der Waals surface area (Å²) in [7, 11) is 0. The smallest absolute Gasteiger partial charge is 0.153 e. The molecule has 36 heavy (non-hydrogen) atoms. The van der Waals surface area contributed by atoms with E-state index >= 15 is 0 Å². The monoisotopic (exact) mass is 465 g/mol. The lowest BCUT2D eigenvalue weighted by Gasteiger charge is -2.42. The first-order valence-corrected chi connectivity index (χ1v) is 12.3. The minimum atomic E-state index is -0.0863. The third-order valence-corrected chi connectivity index (χ3v) is 7.85. The molecule has 0 radical (unpaired) electrons. The van der Waals surface area contributed by atoms with Crippen LogP contribution in [-0.4, -0.2) is 9.55 Å². The summed E-state index contributed by atoms with van der Waals surface area (Å²) >= 11 is 0. The third kappa shape index (κ3) is 2.41. The van der Waals surface area contributed by atoms with E-state index in [-0.39, 0.29) is 5.41 Å². The van der Waals surface area contributed by atoms with Gasteiger partial charge >= 0.3 is 0 Å². The van der Waals surface area contributed by atoms with Crippen LogP contribution in [0.15, 0.2) is 103 Å². The van der Waals surface area contributed by atoms with E-state index < -0.39 is 0 Å². The first kappa shape index (κ1) is 19.7. The highest BCUT2D eigenvalue weighted by atomic mass is 16.5. The second-order valence-electron chi connectivity index (χ2n) is 10.1. The van der Waals surface area contributed by atoms with Gasteiger partial charge in [0, 0.05) is 34.6 Å². The van der Waals surface area contributed by atoms with Crippen LogP contribution < -0.4 is 9.64 Å². The molecule has 0 atom stereocenters. The third-order valence-electron chi connectivity index (χ3n) is 7.85. The molecule has 0 unspecified atom stereocenters. The maximum Gasteiger partial charge on any atom is 0.153 e. The fraction of sp³-hybridized carbons (Fsp3) is 0.0938. The Balaban J connectivity index is 1.38. The van der Waals surface area contributed by atoms with E-state index in [4.69, 9.17) is 4.74 Å². The topological polar surface area (TPSA) is 30.3 Å². The average molecular weight is 466 g/mol. The van der Waals surface area contributed by atoms with Crippen LogP contribution in [-0.2, 0) is 5.41 Å². The van der Waals surface area contributed by atoms with Crippen LogP contribution in [0.25, 0.3) is 27.5 Å². The zero-order valence-corrected chi connectivity index (χ0v) is 20.1. The van der Waals surface area contributed by atoms with Gasteiger partial charge < -0.3 is 14.2 Å². The van der Waals surface area contributed by atoms with Gasteiger partial charge in [0.1, 0.15) is 0 Å². The Morgan fingerprint density at radius 2 is 1.44 bits per heavy atom. The Hall–Kier alpha value is -4.57. The molecule has 4 nitrogen and oxygen atoms in total. The molecule has 2 aliphatic rings. The summed E-state index contributed by atoms with van der Waals surface area (Å²) in [4.78, 5) is 6.75. The van der Waals surface area contributed by atoms with E-state index in [1.165, 1.54) is 22.5 Å². The Kier molecular flexibility index (Phi) is 3.70. The number of anilines is 3. The summed E-state index contributed by atoms with van der Waals surface area (Å²) in [6, 6.07) is 32.4. The number of para-hydroxylation sites is 3. The summed E-state index contributed by atoms with van der Waals surface area (Å²) in [6.45, 7) is 4.62. The zero-order chi connectivity index (χ0) is 24.0. The summed E-state index contributed by atoms with van der Waals surface area (Å²) < 4.78 is 8.87. The number of hydrogen-bond donors (Lipinski definition) is 0. The van der Waals surface area contributed by atoms with Crippen molar-refractivity contribution < 1.29 is 4.74 Å². The highest BCUT2D eigenvalue weighted by Gasteiger charge is 2.37. The molecule has 0 saturated carbocycles. The van der Waals surface area contributed by atoms with E-state index in [1.54, 1.807) is 0 Å². The highest BCUT2D eigenvalue weighted by Crippen LogP contribution is 2.53. The number of aromatic nitrogens is 2. The van der Waals surface area contributed by atoms with Crippen molar-refractivity contribution in [3.05, 3.63) is 115 Å². The van der Waals surface area contributed by atoms with Gasteiger partial charge in [0.25, 0.3) is 0 Å². The molecule has 2 aliphatic heterocycles. The Bertz CT molecular complexity index is 1810. The molecule has 4 aromatic carbocycles. The first-order valence-electron chi connectivity index (χ1n) is 12.3. The number of pyridine rings is 1. The molecule has 0 bridgehead atoms. The average Bonchev–Trinajstić information content (AvgIpc) is 3.25. The lowest BCUT2D eigenvalue weighted by molar-refractivity contribution is 0.476. The molecule has 0 fully saturated rings. The van der Waals surface area contributed by atoms with Crippen molar-refractivity contribution in [2.24, 2.45) is 0 Å². The van der Waals surface area contributed by atoms with Gasteiger partial charge in [-0.3, -0.25) is 4.98 Å². The molecule has 0 spiro atoms. The minimum Gasteiger partial charge on any atom is -0.453 e. The molecule has 4 heterocycles. The highest BCUT2D eigenvalue weighted by molar-refractivity contribution is 6.11. The molecule has 4 heteroatoms. The van der Waals surface area contributed by atoms with E-state index in [2.05, 4.69) is 119 Å². The van der Waals surface area contributed by atoms with Crippen LogP contribution in [0.2, 0.25) is 0 Å². The summed E-state index contributed by atoms with van der Waals surface area (Å²) in [6.07, 6.45) is 3.80. The second kappa shape index (κ2) is 6.76. The zero-order valence-electron chi connectivity index (χ0n) is 20.1. The molecule has 8 rings (SSSR count). The number of benzene rings is 4. The first-order chi connectivity index (χ1) is 17.6. The molecular formula is C32H23N3O. The summed E-state index contributed by atoms with van der Waals surface area (Å²) in [5.74, 6) is 1.72. The second-order valence-corrected chi connectivity index (χ2v) is 10.1. The Labute approximate surface area is 209 Å². The van der Waals surface area contributed by atoms with Crippen LogP contribution in [0.1, 0.15) is 25.0 Å². The van der Waals surface area contributed by atoms with Crippen LogP contribution >= 0.6 is 0 Å². The van der Waals surface area contributed by atoms with Crippen LogP contribution in [0.4, 0.5) is 17.1 Å². The quantitative estimate of drug-likeness (QED) is 0.244. The van der Waals surface area contributed by atoms with Gasteiger partial charge in [-0.25, -0.2) is 0 Å². The maximum atomic E-state index is 6.56. The van der Waals surface area contributed by atoms with E-state index in [1.807, 2.05) is 12.4 Å². The fourth-order valence-electron chi connectivity index (χ4n) is 6.19. The number of fused-ring (bicyclic) bond motifs is 7. The van der Waals surface area contributed by atoms with Crippen LogP contribution in [0.5, 0.6) is 11.5 Å². The van der Waals surface area contributed by atoms with Gasteiger partial charge in [0.15, 0.2) is 11.5 Å². The standard InChI is InChI=1S/C32H23N3O/c1-32(2)23-9-3-5-11-26(23)34(27-12-6-4-10-24(27)32)20-14-15-28-30(18-20)36-29-13-7-8-21-22-19-33-17-16-25(22)35(28)31(21)29/h3-19H,1-2H3. The maximum absolute atomic E-state index is 6.56. The van der Waals surface area contributed by atoms with Crippen molar-refractivity contribution in [3.8, 4) is 17.2 Å². The van der Waals surface area contributed by atoms with E-state index in [9.17, 15) is 0 Å². The summed E-state index contributed by atoms with van der Waals surface area (Å²) in [5, 5.41) is 2.29.